The lowest BCUT2D eigenvalue weighted by molar-refractivity contribution is 0.00565. The van der Waals surface area contributed by atoms with Gasteiger partial charge in [0, 0.05) is 11.5 Å². The highest BCUT2D eigenvalue weighted by Crippen LogP contribution is 2.42. The first-order chi connectivity index (χ1) is 20.1. The third-order valence-corrected chi connectivity index (χ3v) is 7.67. The number of carbonyl (C=O) groups excluding carboxylic acids is 2. The lowest BCUT2D eigenvalue weighted by Crippen LogP contribution is -2.45. The molecule has 0 aromatic heterocycles. The van der Waals surface area contributed by atoms with Gasteiger partial charge in [0.1, 0.15) is 23.3 Å². The molecule has 1 aliphatic rings. The average molecular weight is 570 g/mol. The predicted octanol–water partition coefficient (Wildman–Crippen LogP) is 8.05. The molecular formula is C35H36FNO5. The lowest BCUT2D eigenvalue weighted by Gasteiger charge is -2.38. The van der Waals surface area contributed by atoms with Gasteiger partial charge in [0.05, 0.1) is 25.3 Å². The Morgan fingerprint density at radius 3 is 2.38 bits per heavy atom. The summed E-state index contributed by atoms with van der Waals surface area (Å²) in [6.07, 6.45) is -0.544. The zero-order chi connectivity index (χ0) is 30.0. The summed E-state index contributed by atoms with van der Waals surface area (Å²) in [6.45, 7) is 7.71. The van der Waals surface area contributed by atoms with E-state index in [0.29, 0.717) is 17.7 Å². The number of halogens is 1. The number of para-hydroxylation sites is 1. The van der Waals surface area contributed by atoms with Crippen molar-refractivity contribution in [3.63, 3.8) is 0 Å². The number of carbonyl (C=O) groups is 2. The molecule has 6 nitrogen and oxygen atoms in total. The molecule has 4 aromatic rings. The van der Waals surface area contributed by atoms with Crippen LogP contribution in [-0.4, -0.2) is 42.3 Å². The van der Waals surface area contributed by atoms with Crippen LogP contribution in [0.5, 0.6) is 5.75 Å². The van der Waals surface area contributed by atoms with Crippen molar-refractivity contribution in [1.29, 1.82) is 0 Å². The molecule has 0 radical (unpaired) electrons. The first-order valence-corrected chi connectivity index (χ1v) is 14.2. The summed E-state index contributed by atoms with van der Waals surface area (Å²) in [7, 11) is 1.23. The van der Waals surface area contributed by atoms with Gasteiger partial charge < -0.3 is 14.2 Å². The molecule has 218 valence electrons. The number of hydrogen-bond acceptors (Lipinski definition) is 5. The molecule has 42 heavy (non-hydrogen) atoms. The largest absolute Gasteiger partial charge is 0.488 e. The van der Waals surface area contributed by atoms with Crippen LogP contribution in [0.25, 0.3) is 10.8 Å². The van der Waals surface area contributed by atoms with E-state index in [1.807, 2.05) is 88.4 Å². The van der Waals surface area contributed by atoms with Crippen molar-refractivity contribution in [2.24, 2.45) is 0 Å². The molecular weight excluding hydrogens is 533 g/mol. The highest BCUT2D eigenvalue weighted by Gasteiger charge is 2.36. The van der Waals surface area contributed by atoms with Crippen LogP contribution in [0.1, 0.15) is 73.1 Å². The standard InChI is InChI=1S/C35H36FNO5/c1-22(25-16-10-13-23-12-6-7-14-26(23)25)37(34(39)42-35(2,3)4)21-24-20-30(27-15-8-9-19-31(27)41-24)28-17-11-18-29(32(28)36)33(38)40-5/h6-19,22,24,30H,20-21H2,1-5H3. The van der Waals surface area contributed by atoms with E-state index in [4.69, 9.17) is 14.2 Å². The zero-order valence-electron chi connectivity index (χ0n) is 24.6. The average Bonchev–Trinajstić information content (AvgIpc) is 2.97. The molecule has 1 amide bonds. The molecule has 0 fully saturated rings. The molecule has 3 atom stereocenters. The summed E-state index contributed by atoms with van der Waals surface area (Å²) in [5.41, 5.74) is 1.37. The third kappa shape index (κ3) is 5.96. The zero-order valence-corrected chi connectivity index (χ0v) is 24.6. The molecule has 1 heterocycles. The van der Waals surface area contributed by atoms with Crippen LogP contribution in [0.15, 0.2) is 84.9 Å². The number of fused-ring (bicyclic) bond motifs is 2. The molecule has 0 saturated carbocycles. The van der Waals surface area contributed by atoms with Crippen molar-refractivity contribution < 1.29 is 28.2 Å². The second-order valence-corrected chi connectivity index (χ2v) is 11.6. The molecule has 4 aromatic carbocycles. The van der Waals surface area contributed by atoms with E-state index in [2.05, 4.69) is 6.07 Å². The van der Waals surface area contributed by atoms with E-state index >= 15 is 4.39 Å². The van der Waals surface area contributed by atoms with Crippen molar-refractivity contribution in [1.82, 2.24) is 4.90 Å². The third-order valence-electron chi connectivity index (χ3n) is 7.67. The Kier molecular flexibility index (Phi) is 8.21. The Hall–Kier alpha value is -4.39. The van der Waals surface area contributed by atoms with Crippen LogP contribution in [0.3, 0.4) is 0 Å². The van der Waals surface area contributed by atoms with E-state index < -0.39 is 35.5 Å². The van der Waals surface area contributed by atoms with Crippen molar-refractivity contribution in [3.8, 4) is 5.75 Å². The maximum atomic E-state index is 15.8. The van der Waals surface area contributed by atoms with Gasteiger partial charge >= 0.3 is 12.1 Å². The second kappa shape index (κ2) is 11.8. The van der Waals surface area contributed by atoms with Crippen LogP contribution >= 0.6 is 0 Å². The quantitative estimate of drug-likeness (QED) is 0.220. The monoisotopic (exact) mass is 569 g/mol. The van der Waals surface area contributed by atoms with Gasteiger partial charge in [-0.2, -0.15) is 0 Å². The number of benzene rings is 4. The summed E-state index contributed by atoms with van der Waals surface area (Å²) >= 11 is 0. The molecule has 0 spiro atoms. The predicted molar refractivity (Wildman–Crippen MR) is 160 cm³/mol. The van der Waals surface area contributed by atoms with Gasteiger partial charge in [-0.25, -0.2) is 14.0 Å². The van der Waals surface area contributed by atoms with E-state index in [-0.39, 0.29) is 18.2 Å². The molecule has 0 N–H and O–H groups in total. The van der Waals surface area contributed by atoms with E-state index in [9.17, 15) is 9.59 Å². The van der Waals surface area contributed by atoms with Crippen LogP contribution in [0.4, 0.5) is 9.18 Å². The highest BCUT2D eigenvalue weighted by atomic mass is 19.1. The Morgan fingerprint density at radius 1 is 0.952 bits per heavy atom. The fraction of sp³-hybridized carbons (Fsp3) is 0.314. The van der Waals surface area contributed by atoms with E-state index in [1.165, 1.54) is 13.2 Å². The van der Waals surface area contributed by atoms with Crippen molar-refractivity contribution in [2.75, 3.05) is 13.7 Å². The molecule has 5 rings (SSSR count). The summed E-state index contributed by atoms with van der Waals surface area (Å²) < 4.78 is 32.9. The molecule has 7 heteroatoms. The minimum atomic E-state index is -0.730. The smallest absolute Gasteiger partial charge is 0.410 e. The van der Waals surface area contributed by atoms with Crippen molar-refractivity contribution >= 4 is 22.8 Å². The number of nitrogens with zero attached hydrogens (tertiary/aromatic N) is 1. The van der Waals surface area contributed by atoms with Gasteiger partial charge in [0.2, 0.25) is 0 Å². The van der Waals surface area contributed by atoms with Gasteiger partial charge in [-0.15, -0.1) is 0 Å². The Morgan fingerprint density at radius 2 is 1.62 bits per heavy atom. The molecule has 1 aliphatic heterocycles. The van der Waals surface area contributed by atoms with E-state index in [1.54, 1.807) is 17.0 Å². The van der Waals surface area contributed by atoms with Crippen molar-refractivity contribution in [3.05, 3.63) is 113 Å². The Labute approximate surface area is 246 Å². The normalized spacial score (nSPS) is 17.1. The van der Waals surface area contributed by atoms with Crippen molar-refractivity contribution in [2.45, 2.75) is 57.8 Å². The lowest BCUT2D eigenvalue weighted by atomic mass is 9.83. The molecule has 0 bridgehead atoms. The second-order valence-electron chi connectivity index (χ2n) is 11.6. The molecule has 0 aliphatic carbocycles. The first kappa shape index (κ1) is 29.1. The number of rotatable bonds is 6. The number of ether oxygens (including phenoxy) is 3. The maximum absolute atomic E-state index is 15.8. The summed E-state index contributed by atoms with van der Waals surface area (Å²) in [6, 6.07) is 26.1. The van der Waals surface area contributed by atoms with Crippen LogP contribution < -0.4 is 4.74 Å². The van der Waals surface area contributed by atoms with Crippen LogP contribution in [0.2, 0.25) is 0 Å². The molecule has 3 unspecified atom stereocenters. The number of amides is 1. The van der Waals surface area contributed by atoms with Crippen LogP contribution in [-0.2, 0) is 9.47 Å². The summed E-state index contributed by atoms with van der Waals surface area (Å²) in [4.78, 5) is 27.7. The summed E-state index contributed by atoms with van der Waals surface area (Å²) in [5, 5.41) is 2.13. The number of esters is 1. The topological polar surface area (TPSA) is 65.1 Å². The summed E-state index contributed by atoms with van der Waals surface area (Å²) in [5.74, 6) is -1.13. The van der Waals surface area contributed by atoms with Gasteiger partial charge in [-0.1, -0.05) is 72.8 Å². The Balaban J connectivity index is 1.53. The van der Waals surface area contributed by atoms with E-state index in [0.717, 1.165) is 21.9 Å². The van der Waals surface area contributed by atoms with Gasteiger partial charge in [-0.05, 0) is 68.1 Å². The van der Waals surface area contributed by atoms with Gasteiger partial charge in [-0.3, -0.25) is 4.90 Å². The van der Waals surface area contributed by atoms with Crippen LogP contribution in [0, 0.1) is 5.82 Å². The SMILES string of the molecule is COC(=O)c1cccc(C2CC(CN(C(=O)OC(C)(C)C)C(C)c3cccc4ccccc34)Oc3ccccc32)c1F. The minimum absolute atomic E-state index is 0.115. The fourth-order valence-corrected chi connectivity index (χ4v) is 5.70. The first-order valence-electron chi connectivity index (χ1n) is 14.2. The molecule has 0 saturated heterocycles. The van der Waals surface area contributed by atoms with Gasteiger partial charge in [0.15, 0.2) is 0 Å². The number of hydrogen-bond donors (Lipinski definition) is 0. The van der Waals surface area contributed by atoms with Gasteiger partial charge in [0.25, 0.3) is 0 Å². The fourth-order valence-electron chi connectivity index (χ4n) is 5.70. The minimum Gasteiger partial charge on any atom is -0.488 e. The maximum Gasteiger partial charge on any atom is 0.410 e. The highest BCUT2D eigenvalue weighted by molar-refractivity contribution is 5.90. The number of methoxy groups -OCH3 is 1. The Bertz CT molecular complexity index is 1610.